The van der Waals surface area contributed by atoms with Gasteiger partial charge in [0, 0.05) is 41.8 Å². The van der Waals surface area contributed by atoms with Gasteiger partial charge in [0.05, 0.1) is 6.54 Å². The maximum absolute atomic E-state index is 12.5. The maximum atomic E-state index is 12.5. The molecule has 138 valence electrons. The first-order chi connectivity index (χ1) is 13.2. The van der Waals surface area contributed by atoms with Crippen molar-refractivity contribution in [3.8, 4) is 11.4 Å². The van der Waals surface area contributed by atoms with Crippen molar-refractivity contribution >= 4 is 21.8 Å². The van der Waals surface area contributed by atoms with E-state index in [2.05, 4.69) is 31.0 Å². The summed E-state index contributed by atoms with van der Waals surface area (Å²) in [7, 11) is 0. The van der Waals surface area contributed by atoms with E-state index in [4.69, 9.17) is 4.52 Å². The first-order valence-electron chi connectivity index (χ1n) is 8.84. The van der Waals surface area contributed by atoms with Crippen molar-refractivity contribution in [2.45, 2.75) is 6.54 Å². The molecule has 3 aromatic rings. The first-order valence-corrected chi connectivity index (χ1v) is 9.63. The second-order valence-electron chi connectivity index (χ2n) is 6.46. The Morgan fingerprint density at radius 3 is 2.56 bits per heavy atom. The molecule has 1 amide bonds. The molecule has 7 heteroatoms. The van der Waals surface area contributed by atoms with Gasteiger partial charge in [0.25, 0.3) is 5.91 Å². The van der Waals surface area contributed by atoms with Crippen LogP contribution in [0, 0.1) is 0 Å². The Balaban J connectivity index is 1.34. The van der Waals surface area contributed by atoms with Crippen LogP contribution >= 0.6 is 15.9 Å². The second kappa shape index (κ2) is 8.02. The Bertz CT molecular complexity index is 920. The molecule has 1 aliphatic rings. The van der Waals surface area contributed by atoms with Crippen molar-refractivity contribution in [2.24, 2.45) is 0 Å². The van der Waals surface area contributed by atoms with Crippen molar-refractivity contribution in [3.63, 3.8) is 0 Å². The normalized spacial score (nSPS) is 15.1. The van der Waals surface area contributed by atoms with E-state index >= 15 is 0 Å². The van der Waals surface area contributed by atoms with Gasteiger partial charge in [-0.25, -0.2) is 0 Å². The van der Waals surface area contributed by atoms with Crippen LogP contribution in [0.2, 0.25) is 0 Å². The topological polar surface area (TPSA) is 62.5 Å². The quantitative estimate of drug-likeness (QED) is 0.638. The van der Waals surface area contributed by atoms with E-state index in [0.29, 0.717) is 31.3 Å². The van der Waals surface area contributed by atoms with E-state index in [1.807, 2.05) is 59.5 Å². The van der Waals surface area contributed by atoms with Crippen LogP contribution in [0.4, 0.5) is 0 Å². The Kier molecular flexibility index (Phi) is 5.31. The molecule has 0 bridgehead atoms. The molecule has 1 aromatic heterocycles. The van der Waals surface area contributed by atoms with Gasteiger partial charge in [0.15, 0.2) is 0 Å². The average Bonchev–Trinajstić information content (AvgIpc) is 3.17. The van der Waals surface area contributed by atoms with Crippen molar-refractivity contribution in [1.29, 1.82) is 0 Å². The Morgan fingerprint density at radius 1 is 1.04 bits per heavy atom. The highest BCUT2D eigenvalue weighted by Crippen LogP contribution is 2.21. The van der Waals surface area contributed by atoms with Crippen molar-refractivity contribution < 1.29 is 9.32 Å². The van der Waals surface area contributed by atoms with Gasteiger partial charge in [-0.1, -0.05) is 51.4 Å². The van der Waals surface area contributed by atoms with E-state index < -0.39 is 0 Å². The number of aromatic nitrogens is 2. The van der Waals surface area contributed by atoms with Gasteiger partial charge in [-0.2, -0.15) is 4.98 Å². The largest absolute Gasteiger partial charge is 0.338 e. The SMILES string of the molecule is O=C(c1ccccc1)N1CCN(Cc2nc(-c3cccc(Br)c3)no2)CC1. The number of halogens is 1. The van der Waals surface area contributed by atoms with Crippen LogP contribution in [0.15, 0.2) is 63.6 Å². The van der Waals surface area contributed by atoms with E-state index in [9.17, 15) is 4.79 Å². The van der Waals surface area contributed by atoms with Gasteiger partial charge in [-0.3, -0.25) is 9.69 Å². The predicted molar refractivity (Wildman–Crippen MR) is 105 cm³/mol. The minimum absolute atomic E-state index is 0.0879. The lowest BCUT2D eigenvalue weighted by molar-refractivity contribution is 0.0615. The lowest BCUT2D eigenvalue weighted by Crippen LogP contribution is -2.48. The van der Waals surface area contributed by atoms with E-state index in [1.165, 1.54) is 0 Å². The molecular formula is C20H19BrN4O2. The number of benzene rings is 2. The fraction of sp³-hybridized carbons (Fsp3) is 0.250. The summed E-state index contributed by atoms with van der Waals surface area (Å²) in [6.07, 6.45) is 0. The van der Waals surface area contributed by atoms with Gasteiger partial charge in [-0.05, 0) is 24.3 Å². The lowest BCUT2D eigenvalue weighted by atomic mass is 10.2. The minimum Gasteiger partial charge on any atom is -0.338 e. The molecule has 2 heterocycles. The van der Waals surface area contributed by atoms with Crippen LogP contribution in [0.25, 0.3) is 11.4 Å². The molecule has 4 rings (SSSR count). The predicted octanol–water partition coefficient (Wildman–Crippen LogP) is 3.46. The van der Waals surface area contributed by atoms with Crippen LogP contribution < -0.4 is 0 Å². The summed E-state index contributed by atoms with van der Waals surface area (Å²) in [4.78, 5) is 21.1. The summed E-state index contributed by atoms with van der Waals surface area (Å²) >= 11 is 3.45. The minimum atomic E-state index is 0.0879. The Hall–Kier alpha value is -2.51. The molecule has 0 radical (unpaired) electrons. The van der Waals surface area contributed by atoms with Gasteiger partial charge in [-0.15, -0.1) is 0 Å². The molecular weight excluding hydrogens is 408 g/mol. The second-order valence-corrected chi connectivity index (χ2v) is 7.37. The lowest BCUT2D eigenvalue weighted by Gasteiger charge is -2.34. The molecule has 0 spiro atoms. The number of hydrogen-bond donors (Lipinski definition) is 0. The zero-order valence-electron chi connectivity index (χ0n) is 14.7. The van der Waals surface area contributed by atoms with Crippen LogP contribution in [-0.2, 0) is 6.54 Å². The number of nitrogens with zero attached hydrogens (tertiary/aromatic N) is 4. The molecule has 0 N–H and O–H groups in total. The third-order valence-corrected chi connectivity index (χ3v) is 5.08. The molecule has 0 aliphatic carbocycles. The van der Waals surface area contributed by atoms with Crippen LogP contribution in [0.3, 0.4) is 0 Å². The Morgan fingerprint density at radius 2 is 1.81 bits per heavy atom. The van der Waals surface area contributed by atoms with Gasteiger partial charge >= 0.3 is 0 Å². The monoisotopic (exact) mass is 426 g/mol. The first kappa shape index (κ1) is 17.9. The molecule has 6 nitrogen and oxygen atoms in total. The van der Waals surface area contributed by atoms with E-state index in [-0.39, 0.29) is 5.91 Å². The zero-order chi connectivity index (χ0) is 18.6. The van der Waals surface area contributed by atoms with Crippen molar-refractivity contribution in [2.75, 3.05) is 26.2 Å². The number of carbonyl (C=O) groups excluding carboxylic acids is 1. The third kappa shape index (κ3) is 4.26. The summed E-state index contributed by atoms with van der Waals surface area (Å²) in [5.74, 6) is 1.27. The molecule has 0 saturated carbocycles. The molecule has 1 aliphatic heterocycles. The summed E-state index contributed by atoms with van der Waals surface area (Å²) < 4.78 is 6.38. The summed E-state index contributed by atoms with van der Waals surface area (Å²) in [5.41, 5.74) is 1.65. The van der Waals surface area contributed by atoms with Gasteiger partial charge in [0.1, 0.15) is 0 Å². The molecule has 27 heavy (non-hydrogen) atoms. The van der Waals surface area contributed by atoms with E-state index in [1.54, 1.807) is 0 Å². The summed E-state index contributed by atoms with van der Waals surface area (Å²) in [6.45, 7) is 3.55. The van der Waals surface area contributed by atoms with Gasteiger partial charge < -0.3 is 9.42 Å². The number of rotatable bonds is 4. The highest BCUT2D eigenvalue weighted by Gasteiger charge is 2.23. The molecule has 0 unspecified atom stereocenters. The molecule has 1 fully saturated rings. The molecule has 0 atom stereocenters. The highest BCUT2D eigenvalue weighted by atomic mass is 79.9. The smallest absolute Gasteiger partial charge is 0.253 e. The van der Waals surface area contributed by atoms with E-state index in [0.717, 1.165) is 28.7 Å². The standard InChI is InChI=1S/C20H19BrN4O2/c21-17-8-4-7-16(13-17)19-22-18(27-23-19)14-24-9-11-25(12-10-24)20(26)15-5-2-1-3-6-15/h1-8,13H,9-12,14H2. The third-order valence-electron chi connectivity index (χ3n) is 4.59. The van der Waals surface area contributed by atoms with Crippen molar-refractivity contribution in [1.82, 2.24) is 19.9 Å². The van der Waals surface area contributed by atoms with Crippen molar-refractivity contribution in [3.05, 3.63) is 70.5 Å². The van der Waals surface area contributed by atoms with Gasteiger partial charge in [0.2, 0.25) is 11.7 Å². The van der Waals surface area contributed by atoms with Crippen LogP contribution in [-0.4, -0.2) is 52.0 Å². The Labute approximate surface area is 165 Å². The van der Waals surface area contributed by atoms with Crippen LogP contribution in [0.1, 0.15) is 16.2 Å². The highest BCUT2D eigenvalue weighted by molar-refractivity contribution is 9.10. The number of carbonyl (C=O) groups is 1. The number of piperazine rings is 1. The fourth-order valence-corrected chi connectivity index (χ4v) is 3.53. The number of hydrogen-bond acceptors (Lipinski definition) is 5. The molecule has 2 aromatic carbocycles. The van der Waals surface area contributed by atoms with Crippen LogP contribution in [0.5, 0.6) is 0 Å². The summed E-state index contributed by atoms with van der Waals surface area (Å²) in [5, 5.41) is 4.08. The maximum Gasteiger partial charge on any atom is 0.253 e. The fourth-order valence-electron chi connectivity index (χ4n) is 3.13. The average molecular weight is 427 g/mol. The zero-order valence-corrected chi connectivity index (χ0v) is 16.3. The molecule has 1 saturated heterocycles. The number of amides is 1. The summed E-state index contributed by atoms with van der Waals surface area (Å²) in [6, 6.07) is 17.2.